The van der Waals surface area contributed by atoms with Crippen LogP contribution < -0.4 is 0 Å². The van der Waals surface area contributed by atoms with E-state index in [2.05, 4.69) is 6.92 Å². The highest BCUT2D eigenvalue weighted by molar-refractivity contribution is 5.93. The molecule has 2 rings (SSSR count). The molecule has 0 saturated heterocycles. The highest BCUT2D eigenvalue weighted by atomic mass is 16.4. The Hall–Kier alpha value is -1.38. The van der Waals surface area contributed by atoms with E-state index in [1.807, 2.05) is 6.92 Å². The smallest absolute Gasteiger partial charge is 0.331 e. The summed E-state index contributed by atoms with van der Waals surface area (Å²) in [5.74, 6) is -0.681. The summed E-state index contributed by atoms with van der Waals surface area (Å²) in [7, 11) is 0. The van der Waals surface area contributed by atoms with Gasteiger partial charge in [-0.2, -0.15) is 0 Å². The Bertz CT molecular complexity index is 431. The van der Waals surface area contributed by atoms with E-state index in [0.29, 0.717) is 12.0 Å². The van der Waals surface area contributed by atoms with Crippen molar-refractivity contribution < 1.29 is 14.7 Å². The summed E-state index contributed by atoms with van der Waals surface area (Å²) in [6.07, 6.45) is 6.64. The van der Waals surface area contributed by atoms with Gasteiger partial charge in [-0.3, -0.25) is 4.79 Å². The molecule has 3 heteroatoms. The van der Waals surface area contributed by atoms with E-state index in [9.17, 15) is 14.7 Å². The number of carboxylic acid groups (broad SMARTS) is 1. The number of carbonyl (C=O) groups is 2. The normalized spacial score (nSPS) is 33.3. The van der Waals surface area contributed by atoms with Gasteiger partial charge in [0.15, 0.2) is 5.78 Å². The largest absolute Gasteiger partial charge is 0.478 e. The topological polar surface area (TPSA) is 54.4 Å². The van der Waals surface area contributed by atoms with E-state index in [-0.39, 0.29) is 17.1 Å². The lowest BCUT2D eigenvalue weighted by molar-refractivity contribution is -0.133. The molecule has 0 heterocycles. The Balaban J connectivity index is 2.48. The summed E-state index contributed by atoms with van der Waals surface area (Å²) in [6.45, 7) is 4.09. The molecule has 0 aliphatic heterocycles. The van der Waals surface area contributed by atoms with Gasteiger partial charge in [0.1, 0.15) is 0 Å². The van der Waals surface area contributed by atoms with E-state index in [0.717, 1.165) is 24.8 Å². The molecule has 0 fully saturated rings. The number of carbonyl (C=O) groups excluding carboxylic acids is 1. The molecule has 0 radical (unpaired) electrons. The summed E-state index contributed by atoms with van der Waals surface area (Å²) in [4.78, 5) is 22.7. The van der Waals surface area contributed by atoms with Crippen molar-refractivity contribution in [1.82, 2.24) is 0 Å². The number of hydrogen-bond donors (Lipinski definition) is 1. The molecule has 0 aromatic heterocycles. The van der Waals surface area contributed by atoms with Gasteiger partial charge in [0, 0.05) is 12.0 Å². The van der Waals surface area contributed by atoms with Crippen molar-refractivity contribution in [3.8, 4) is 0 Å². The van der Waals surface area contributed by atoms with E-state index >= 15 is 0 Å². The predicted octanol–water partition coefficient (Wildman–Crippen LogP) is 2.72. The number of hydrogen-bond acceptors (Lipinski definition) is 2. The van der Waals surface area contributed by atoms with Crippen molar-refractivity contribution in [2.75, 3.05) is 0 Å². The Morgan fingerprint density at radius 3 is 2.76 bits per heavy atom. The summed E-state index contributed by atoms with van der Waals surface area (Å²) >= 11 is 0. The van der Waals surface area contributed by atoms with E-state index in [4.69, 9.17) is 0 Å². The average Bonchev–Trinajstić information content (AvgIpc) is 2.38. The van der Waals surface area contributed by atoms with Crippen molar-refractivity contribution in [1.29, 1.82) is 0 Å². The van der Waals surface area contributed by atoms with E-state index in [1.165, 1.54) is 0 Å². The highest BCUT2D eigenvalue weighted by Gasteiger charge is 2.36. The third kappa shape index (κ3) is 2.19. The first-order chi connectivity index (χ1) is 7.92. The first kappa shape index (κ1) is 12.1. The Morgan fingerprint density at radius 1 is 1.41 bits per heavy atom. The molecule has 0 aromatic rings. The van der Waals surface area contributed by atoms with Crippen molar-refractivity contribution in [3.63, 3.8) is 0 Å². The van der Waals surface area contributed by atoms with Gasteiger partial charge in [-0.15, -0.1) is 0 Å². The number of fused-ring (bicyclic) bond motifs is 1. The molecule has 2 aliphatic carbocycles. The second kappa shape index (κ2) is 4.13. The maximum absolute atomic E-state index is 11.5. The van der Waals surface area contributed by atoms with Crippen LogP contribution in [0.25, 0.3) is 0 Å². The van der Waals surface area contributed by atoms with Crippen molar-refractivity contribution in [2.45, 2.75) is 39.5 Å². The van der Waals surface area contributed by atoms with Gasteiger partial charge in [-0.05, 0) is 48.3 Å². The van der Waals surface area contributed by atoms with Gasteiger partial charge in [0.2, 0.25) is 0 Å². The van der Waals surface area contributed by atoms with Crippen molar-refractivity contribution >= 4 is 11.8 Å². The van der Waals surface area contributed by atoms with Gasteiger partial charge >= 0.3 is 5.97 Å². The molecule has 2 atom stereocenters. The summed E-state index contributed by atoms with van der Waals surface area (Å²) in [5, 5.41) is 9.19. The number of ketones is 1. The van der Waals surface area contributed by atoms with Crippen LogP contribution in [0, 0.1) is 11.3 Å². The van der Waals surface area contributed by atoms with Crippen LogP contribution in [-0.2, 0) is 9.59 Å². The molecule has 0 spiro atoms. The SMILES string of the molecule is CC1CCC2(C)CCC(=O)C=C2C=C1C(=O)O. The van der Waals surface area contributed by atoms with Crippen LogP contribution in [0.15, 0.2) is 23.3 Å². The molecule has 0 aromatic carbocycles. The van der Waals surface area contributed by atoms with Crippen LogP contribution in [0.4, 0.5) is 0 Å². The van der Waals surface area contributed by atoms with Crippen LogP contribution in [0.2, 0.25) is 0 Å². The molecule has 0 saturated carbocycles. The van der Waals surface area contributed by atoms with Gasteiger partial charge in [0.05, 0.1) is 0 Å². The zero-order valence-corrected chi connectivity index (χ0v) is 10.3. The number of aliphatic carboxylic acids is 1. The van der Waals surface area contributed by atoms with Crippen LogP contribution in [0.1, 0.15) is 39.5 Å². The van der Waals surface area contributed by atoms with Gasteiger partial charge < -0.3 is 5.11 Å². The maximum atomic E-state index is 11.5. The Labute approximate surface area is 101 Å². The second-order valence-corrected chi connectivity index (χ2v) is 5.47. The molecule has 2 unspecified atom stereocenters. The van der Waals surface area contributed by atoms with Crippen LogP contribution >= 0.6 is 0 Å². The van der Waals surface area contributed by atoms with Crippen LogP contribution in [0.3, 0.4) is 0 Å². The van der Waals surface area contributed by atoms with Gasteiger partial charge in [0.25, 0.3) is 0 Å². The second-order valence-electron chi connectivity index (χ2n) is 5.47. The summed E-state index contributed by atoms with van der Waals surface area (Å²) in [5.41, 5.74) is 1.34. The third-order valence-electron chi connectivity index (χ3n) is 4.15. The zero-order chi connectivity index (χ0) is 12.6. The Kier molecular flexibility index (Phi) is 2.94. The lowest BCUT2D eigenvalue weighted by atomic mass is 9.71. The minimum absolute atomic E-state index is 0.0145. The summed E-state index contributed by atoms with van der Waals surface area (Å²) in [6, 6.07) is 0. The molecular weight excluding hydrogens is 216 g/mol. The average molecular weight is 234 g/mol. The standard InChI is InChI=1S/C14H18O3/c1-9-3-5-14(2)6-4-11(15)7-10(14)8-12(9)13(16)17/h7-9H,3-6H2,1-2H3,(H,16,17). The van der Waals surface area contributed by atoms with Gasteiger partial charge in [-0.1, -0.05) is 13.8 Å². The molecule has 3 nitrogen and oxygen atoms in total. The third-order valence-corrected chi connectivity index (χ3v) is 4.15. The van der Waals surface area contributed by atoms with E-state index in [1.54, 1.807) is 12.2 Å². The highest BCUT2D eigenvalue weighted by Crippen LogP contribution is 2.45. The fourth-order valence-electron chi connectivity index (χ4n) is 2.72. The van der Waals surface area contributed by atoms with E-state index < -0.39 is 5.97 Å². The maximum Gasteiger partial charge on any atom is 0.331 e. The summed E-state index contributed by atoms with van der Waals surface area (Å²) < 4.78 is 0. The lowest BCUT2D eigenvalue weighted by Crippen LogP contribution is -2.24. The Morgan fingerprint density at radius 2 is 2.12 bits per heavy atom. The van der Waals surface area contributed by atoms with Crippen LogP contribution in [0.5, 0.6) is 0 Å². The monoisotopic (exact) mass is 234 g/mol. The van der Waals surface area contributed by atoms with Crippen molar-refractivity contribution in [2.24, 2.45) is 11.3 Å². The first-order valence-electron chi connectivity index (χ1n) is 6.12. The molecule has 92 valence electrons. The minimum atomic E-state index is -0.860. The predicted molar refractivity (Wildman–Crippen MR) is 64.5 cm³/mol. The molecule has 0 amide bonds. The fourth-order valence-corrected chi connectivity index (χ4v) is 2.72. The first-order valence-corrected chi connectivity index (χ1v) is 6.12. The minimum Gasteiger partial charge on any atom is -0.478 e. The van der Waals surface area contributed by atoms with Crippen LogP contribution in [-0.4, -0.2) is 16.9 Å². The molecule has 17 heavy (non-hydrogen) atoms. The molecule has 1 N–H and O–H groups in total. The lowest BCUT2D eigenvalue weighted by Gasteiger charge is -2.32. The molecular formula is C14H18O3. The quantitative estimate of drug-likeness (QED) is 0.759. The number of carboxylic acids is 1. The zero-order valence-electron chi connectivity index (χ0n) is 10.3. The molecule has 0 bridgehead atoms. The van der Waals surface area contributed by atoms with Gasteiger partial charge in [-0.25, -0.2) is 4.79 Å². The van der Waals surface area contributed by atoms with Crippen molar-refractivity contribution in [3.05, 3.63) is 23.3 Å². The number of allylic oxidation sites excluding steroid dienone is 3. The molecule has 2 aliphatic rings. The fraction of sp³-hybridized carbons (Fsp3) is 0.571. The number of rotatable bonds is 1.